The van der Waals surface area contributed by atoms with Crippen LogP contribution >= 0.6 is 0 Å². The quantitative estimate of drug-likeness (QED) is 0.819. The normalized spacial score (nSPS) is 15.9. The summed E-state index contributed by atoms with van der Waals surface area (Å²) in [6.07, 6.45) is 1.32. The SMILES string of the molecule is CCC(O)CCNS(=O)(=O)c1ccc2c(c1)CCO2. The van der Waals surface area contributed by atoms with E-state index < -0.39 is 16.1 Å². The molecule has 0 saturated heterocycles. The molecule has 0 aliphatic carbocycles. The van der Waals surface area contributed by atoms with Crippen LogP contribution in [0.2, 0.25) is 0 Å². The van der Waals surface area contributed by atoms with E-state index in [-0.39, 0.29) is 11.4 Å². The van der Waals surface area contributed by atoms with E-state index in [4.69, 9.17) is 4.74 Å². The van der Waals surface area contributed by atoms with Crippen molar-refractivity contribution in [3.63, 3.8) is 0 Å². The highest BCUT2D eigenvalue weighted by Gasteiger charge is 2.19. The summed E-state index contributed by atoms with van der Waals surface area (Å²) in [6, 6.07) is 4.89. The van der Waals surface area contributed by atoms with Gasteiger partial charge in [-0.2, -0.15) is 0 Å². The molecule has 19 heavy (non-hydrogen) atoms. The van der Waals surface area contributed by atoms with Crippen molar-refractivity contribution in [2.24, 2.45) is 0 Å². The lowest BCUT2D eigenvalue weighted by Gasteiger charge is -2.10. The second-order valence-electron chi connectivity index (χ2n) is 4.62. The molecule has 1 aliphatic heterocycles. The zero-order valence-electron chi connectivity index (χ0n) is 10.9. The summed E-state index contributed by atoms with van der Waals surface area (Å²) in [4.78, 5) is 0.253. The van der Waals surface area contributed by atoms with Crippen molar-refractivity contribution >= 4 is 10.0 Å². The smallest absolute Gasteiger partial charge is 0.240 e. The fraction of sp³-hybridized carbons (Fsp3) is 0.538. The first kappa shape index (κ1) is 14.3. The number of aliphatic hydroxyl groups is 1. The van der Waals surface area contributed by atoms with Gasteiger partial charge in [0.1, 0.15) is 5.75 Å². The molecule has 1 aliphatic rings. The van der Waals surface area contributed by atoms with Crippen molar-refractivity contribution in [2.75, 3.05) is 13.2 Å². The van der Waals surface area contributed by atoms with Gasteiger partial charge in [-0.15, -0.1) is 0 Å². The molecule has 0 radical (unpaired) electrons. The van der Waals surface area contributed by atoms with Gasteiger partial charge in [0.05, 0.1) is 17.6 Å². The van der Waals surface area contributed by atoms with Crippen LogP contribution in [0.1, 0.15) is 25.3 Å². The van der Waals surface area contributed by atoms with E-state index in [0.717, 1.165) is 17.7 Å². The van der Waals surface area contributed by atoms with E-state index in [0.29, 0.717) is 19.4 Å². The van der Waals surface area contributed by atoms with E-state index in [2.05, 4.69) is 4.72 Å². The van der Waals surface area contributed by atoms with Gasteiger partial charge in [0.15, 0.2) is 0 Å². The van der Waals surface area contributed by atoms with Crippen molar-refractivity contribution in [3.8, 4) is 5.75 Å². The average molecular weight is 285 g/mol. The minimum absolute atomic E-state index is 0.241. The Morgan fingerprint density at radius 2 is 2.26 bits per heavy atom. The first-order chi connectivity index (χ1) is 9.03. The predicted molar refractivity (Wildman–Crippen MR) is 71.7 cm³/mol. The second-order valence-corrected chi connectivity index (χ2v) is 6.38. The fourth-order valence-corrected chi connectivity index (χ4v) is 3.08. The van der Waals surface area contributed by atoms with Crippen LogP contribution in [0.5, 0.6) is 5.75 Å². The Hall–Kier alpha value is -1.11. The van der Waals surface area contributed by atoms with Gasteiger partial charge >= 0.3 is 0 Å². The van der Waals surface area contributed by atoms with E-state index >= 15 is 0 Å². The molecule has 1 aromatic carbocycles. The zero-order valence-corrected chi connectivity index (χ0v) is 11.7. The molecule has 2 rings (SSSR count). The number of rotatable bonds is 6. The van der Waals surface area contributed by atoms with Crippen molar-refractivity contribution < 1.29 is 18.3 Å². The van der Waals surface area contributed by atoms with Crippen molar-refractivity contribution in [1.29, 1.82) is 0 Å². The summed E-state index contributed by atoms with van der Waals surface area (Å²) >= 11 is 0. The lowest BCUT2D eigenvalue weighted by molar-refractivity contribution is 0.162. The summed E-state index contributed by atoms with van der Waals surface area (Å²) < 4.78 is 32.0. The molecule has 1 heterocycles. The first-order valence-corrected chi connectivity index (χ1v) is 7.94. The number of hydrogen-bond donors (Lipinski definition) is 2. The average Bonchev–Trinajstić information content (AvgIpc) is 2.85. The standard InChI is InChI=1S/C13H19NO4S/c1-2-11(15)5-7-14-19(16,17)12-3-4-13-10(9-12)6-8-18-13/h3-4,9,11,14-15H,2,5-8H2,1H3. The number of ether oxygens (including phenoxy) is 1. The Kier molecular flexibility index (Phi) is 4.44. The molecule has 6 heteroatoms. The Bertz CT molecular complexity index is 542. The highest BCUT2D eigenvalue weighted by atomic mass is 32.2. The Morgan fingerprint density at radius 3 is 3.00 bits per heavy atom. The van der Waals surface area contributed by atoms with E-state index in [1.54, 1.807) is 18.2 Å². The summed E-state index contributed by atoms with van der Waals surface area (Å²) in [5.74, 6) is 0.764. The van der Waals surface area contributed by atoms with Gasteiger partial charge in [-0.1, -0.05) is 6.92 Å². The van der Waals surface area contributed by atoms with E-state index in [9.17, 15) is 13.5 Å². The van der Waals surface area contributed by atoms with Gasteiger partial charge in [-0.3, -0.25) is 0 Å². The Labute approximate surface area is 113 Å². The lowest BCUT2D eigenvalue weighted by atomic mass is 10.2. The van der Waals surface area contributed by atoms with E-state index in [1.807, 2.05) is 6.92 Å². The molecule has 2 N–H and O–H groups in total. The topological polar surface area (TPSA) is 75.6 Å². The van der Waals surface area contributed by atoms with Crippen molar-refractivity contribution in [3.05, 3.63) is 23.8 Å². The molecule has 106 valence electrons. The van der Waals surface area contributed by atoms with Crippen LogP contribution in [0.25, 0.3) is 0 Å². The van der Waals surface area contributed by atoms with Gasteiger partial charge in [0.25, 0.3) is 0 Å². The molecule has 1 unspecified atom stereocenters. The number of sulfonamides is 1. The summed E-state index contributed by atoms with van der Waals surface area (Å²) in [5, 5.41) is 9.40. The Balaban J connectivity index is 2.03. The number of nitrogens with one attached hydrogen (secondary N) is 1. The van der Waals surface area contributed by atoms with Crippen LogP contribution in [-0.2, 0) is 16.4 Å². The van der Waals surface area contributed by atoms with Crippen LogP contribution in [0.3, 0.4) is 0 Å². The maximum absolute atomic E-state index is 12.1. The highest BCUT2D eigenvalue weighted by Crippen LogP contribution is 2.27. The van der Waals surface area contributed by atoms with Crippen LogP contribution in [0, 0.1) is 0 Å². The maximum Gasteiger partial charge on any atom is 0.240 e. The van der Waals surface area contributed by atoms with Gasteiger partial charge in [0, 0.05) is 13.0 Å². The third kappa shape index (κ3) is 3.46. The van der Waals surface area contributed by atoms with Crippen LogP contribution in [-0.4, -0.2) is 32.8 Å². The van der Waals surface area contributed by atoms with Crippen molar-refractivity contribution in [1.82, 2.24) is 4.72 Å². The van der Waals surface area contributed by atoms with Crippen molar-refractivity contribution in [2.45, 2.75) is 37.2 Å². The molecular formula is C13H19NO4S. The highest BCUT2D eigenvalue weighted by molar-refractivity contribution is 7.89. The number of hydrogen-bond acceptors (Lipinski definition) is 4. The predicted octanol–water partition coefficient (Wildman–Crippen LogP) is 1.06. The first-order valence-electron chi connectivity index (χ1n) is 6.46. The minimum Gasteiger partial charge on any atom is -0.493 e. The second kappa shape index (κ2) is 5.90. The van der Waals surface area contributed by atoms with Gasteiger partial charge in [-0.05, 0) is 36.6 Å². The number of fused-ring (bicyclic) bond motifs is 1. The summed E-state index contributed by atoms with van der Waals surface area (Å²) in [5.41, 5.74) is 0.927. The van der Waals surface area contributed by atoms with Crippen LogP contribution < -0.4 is 9.46 Å². The molecule has 0 bridgehead atoms. The maximum atomic E-state index is 12.1. The zero-order chi connectivity index (χ0) is 13.9. The Morgan fingerprint density at radius 1 is 1.47 bits per heavy atom. The molecule has 5 nitrogen and oxygen atoms in total. The molecular weight excluding hydrogens is 266 g/mol. The number of benzene rings is 1. The molecule has 1 atom stereocenters. The molecule has 0 amide bonds. The molecule has 0 aromatic heterocycles. The van der Waals surface area contributed by atoms with Gasteiger partial charge < -0.3 is 9.84 Å². The molecule has 0 fully saturated rings. The lowest BCUT2D eigenvalue weighted by Crippen LogP contribution is -2.27. The molecule has 0 spiro atoms. The van der Waals surface area contributed by atoms with Crippen LogP contribution in [0.15, 0.2) is 23.1 Å². The number of aliphatic hydroxyl groups excluding tert-OH is 1. The van der Waals surface area contributed by atoms with Gasteiger partial charge in [-0.25, -0.2) is 13.1 Å². The molecule has 0 saturated carbocycles. The third-order valence-electron chi connectivity index (χ3n) is 3.21. The van der Waals surface area contributed by atoms with Crippen LogP contribution in [0.4, 0.5) is 0 Å². The fourth-order valence-electron chi connectivity index (χ4n) is 1.98. The largest absolute Gasteiger partial charge is 0.493 e. The third-order valence-corrected chi connectivity index (χ3v) is 4.67. The van der Waals surface area contributed by atoms with Gasteiger partial charge in [0.2, 0.25) is 10.0 Å². The minimum atomic E-state index is -3.50. The summed E-state index contributed by atoms with van der Waals surface area (Å²) in [6.45, 7) is 2.71. The molecule has 1 aromatic rings. The summed E-state index contributed by atoms with van der Waals surface area (Å²) in [7, 11) is -3.50. The van der Waals surface area contributed by atoms with E-state index in [1.165, 1.54) is 0 Å². The monoisotopic (exact) mass is 285 g/mol.